The molecule has 0 fully saturated rings. The molecule has 4 heteroatoms. The highest BCUT2D eigenvalue weighted by atomic mass is 15.2. The summed E-state index contributed by atoms with van der Waals surface area (Å²) in [6, 6.07) is 8.41. The molecule has 2 aromatic heterocycles. The number of aromatic nitrogens is 3. The van der Waals surface area contributed by atoms with Crippen LogP contribution in [-0.2, 0) is 12.8 Å². The fourth-order valence-electron chi connectivity index (χ4n) is 3.66. The molecule has 0 aliphatic heterocycles. The molecule has 2 heterocycles. The highest BCUT2D eigenvalue weighted by Crippen LogP contribution is 2.44. The summed E-state index contributed by atoms with van der Waals surface area (Å²) in [5.74, 6) is 0.632. The zero-order chi connectivity index (χ0) is 15.5. The largest absolute Gasteiger partial charge is 0.384 e. The standard InChI is InChI=1S/C18H20N4/c1-10-6-4-5-7-11(10)15-13-9-18(2,3)8-12(13)14-16(19)21-22-17(14)20-15/h4-7H,8-9H2,1-3H3,(H3,19,20,21,22). The normalized spacial score (nSPS) is 16.1. The number of nitrogen functional groups attached to an aromatic ring is 1. The number of nitrogens with one attached hydrogen (secondary N) is 1. The highest BCUT2D eigenvalue weighted by molar-refractivity contribution is 5.93. The topological polar surface area (TPSA) is 67.6 Å². The lowest BCUT2D eigenvalue weighted by Gasteiger charge is -2.15. The Balaban J connectivity index is 2.08. The van der Waals surface area contributed by atoms with E-state index in [9.17, 15) is 0 Å². The van der Waals surface area contributed by atoms with Gasteiger partial charge in [0.1, 0.15) is 5.82 Å². The van der Waals surface area contributed by atoms with E-state index in [4.69, 9.17) is 10.7 Å². The van der Waals surface area contributed by atoms with Crippen LogP contribution in [0, 0.1) is 12.3 Å². The number of hydrogen-bond donors (Lipinski definition) is 2. The molecule has 0 saturated carbocycles. The number of hydrogen-bond acceptors (Lipinski definition) is 3. The van der Waals surface area contributed by atoms with Crippen LogP contribution in [0.15, 0.2) is 24.3 Å². The van der Waals surface area contributed by atoms with Gasteiger partial charge in [0.05, 0.1) is 11.1 Å². The number of anilines is 1. The first-order chi connectivity index (χ1) is 10.5. The number of nitrogens with two attached hydrogens (primary N) is 1. The summed E-state index contributed by atoms with van der Waals surface area (Å²) in [6.07, 6.45) is 2.05. The third-order valence-corrected chi connectivity index (χ3v) is 4.66. The summed E-state index contributed by atoms with van der Waals surface area (Å²) in [6.45, 7) is 6.74. The number of pyridine rings is 1. The van der Waals surface area contributed by atoms with Crippen LogP contribution in [0.5, 0.6) is 0 Å². The van der Waals surface area contributed by atoms with Crippen molar-refractivity contribution in [3.05, 3.63) is 41.0 Å². The Morgan fingerprint density at radius 2 is 1.86 bits per heavy atom. The molecule has 1 aliphatic carbocycles. The molecule has 0 saturated heterocycles. The maximum atomic E-state index is 6.10. The molecule has 1 aromatic carbocycles. The molecule has 112 valence electrons. The predicted molar refractivity (Wildman–Crippen MR) is 89.7 cm³/mol. The van der Waals surface area contributed by atoms with Crippen molar-refractivity contribution in [2.75, 3.05) is 5.73 Å². The van der Waals surface area contributed by atoms with Crippen molar-refractivity contribution >= 4 is 16.9 Å². The van der Waals surface area contributed by atoms with Crippen LogP contribution in [0.2, 0.25) is 0 Å². The van der Waals surface area contributed by atoms with Crippen molar-refractivity contribution in [3.8, 4) is 11.3 Å². The average molecular weight is 292 g/mol. The van der Waals surface area contributed by atoms with E-state index >= 15 is 0 Å². The molecule has 0 bridgehead atoms. The van der Waals surface area contributed by atoms with Gasteiger partial charge in [0.15, 0.2) is 5.65 Å². The van der Waals surface area contributed by atoms with E-state index in [2.05, 4.69) is 55.2 Å². The number of rotatable bonds is 1. The first kappa shape index (κ1) is 13.3. The van der Waals surface area contributed by atoms with Gasteiger partial charge in [-0.15, -0.1) is 0 Å². The summed E-state index contributed by atoms with van der Waals surface area (Å²) >= 11 is 0. The van der Waals surface area contributed by atoms with Crippen LogP contribution in [0.4, 0.5) is 5.82 Å². The predicted octanol–water partition coefficient (Wildman–Crippen LogP) is 3.64. The van der Waals surface area contributed by atoms with Crippen LogP contribution in [0.25, 0.3) is 22.3 Å². The number of fused-ring (bicyclic) bond motifs is 3. The Morgan fingerprint density at radius 1 is 1.14 bits per heavy atom. The monoisotopic (exact) mass is 292 g/mol. The molecule has 22 heavy (non-hydrogen) atoms. The van der Waals surface area contributed by atoms with Crippen molar-refractivity contribution in [1.82, 2.24) is 15.2 Å². The van der Waals surface area contributed by atoms with E-state index in [1.54, 1.807) is 0 Å². The van der Waals surface area contributed by atoms with Gasteiger partial charge in [0, 0.05) is 5.56 Å². The Hall–Kier alpha value is -2.36. The zero-order valence-electron chi connectivity index (χ0n) is 13.2. The Bertz CT molecular complexity index is 889. The molecular formula is C18H20N4. The minimum atomic E-state index is 0.236. The quantitative estimate of drug-likeness (QED) is 0.719. The smallest absolute Gasteiger partial charge is 0.183 e. The first-order valence-corrected chi connectivity index (χ1v) is 7.67. The summed E-state index contributed by atoms with van der Waals surface area (Å²) in [5.41, 5.74) is 13.2. The number of benzene rings is 1. The third kappa shape index (κ3) is 1.83. The van der Waals surface area contributed by atoms with E-state index in [-0.39, 0.29) is 5.41 Å². The molecule has 4 nitrogen and oxygen atoms in total. The van der Waals surface area contributed by atoms with Crippen LogP contribution in [0.3, 0.4) is 0 Å². The van der Waals surface area contributed by atoms with E-state index < -0.39 is 0 Å². The SMILES string of the molecule is Cc1ccccc1-c1nc2n[nH]c(N)c2c2c1CC(C)(C)C2. The summed E-state index contributed by atoms with van der Waals surface area (Å²) in [7, 11) is 0. The number of aromatic amines is 1. The molecule has 3 N–H and O–H groups in total. The molecular weight excluding hydrogens is 272 g/mol. The van der Waals surface area contributed by atoms with Gasteiger partial charge in [-0.05, 0) is 41.9 Å². The van der Waals surface area contributed by atoms with Gasteiger partial charge >= 0.3 is 0 Å². The lowest BCUT2D eigenvalue weighted by Crippen LogP contribution is -2.10. The van der Waals surface area contributed by atoms with Gasteiger partial charge in [0.2, 0.25) is 0 Å². The zero-order valence-corrected chi connectivity index (χ0v) is 13.2. The molecule has 0 radical (unpaired) electrons. The highest BCUT2D eigenvalue weighted by Gasteiger charge is 2.34. The Kier molecular flexibility index (Phi) is 2.61. The van der Waals surface area contributed by atoms with Crippen molar-refractivity contribution in [2.24, 2.45) is 5.41 Å². The number of aryl methyl sites for hydroxylation is 1. The van der Waals surface area contributed by atoms with Crippen LogP contribution < -0.4 is 5.73 Å². The average Bonchev–Trinajstić information content (AvgIpc) is 2.98. The first-order valence-electron chi connectivity index (χ1n) is 7.67. The van der Waals surface area contributed by atoms with Gasteiger partial charge in [0.25, 0.3) is 0 Å². The van der Waals surface area contributed by atoms with Gasteiger partial charge < -0.3 is 5.73 Å². The van der Waals surface area contributed by atoms with Gasteiger partial charge in [-0.2, -0.15) is 5.10 Å². The fraction of sp³-hybridized carbons (Fsp3) is 0.333. The van der Waals surface area contributed by atoms with E-state index in [0.29, 0.717) is 5.82 Å². The van der Waals surface area contributed by atoms with Crippen molar-refractivity contribution in [1.29, 1.82) is 0 Å². The summed E-state index contributed by atoms with van der Waals surface area (Å²) < 4.78 is 0. The molecule has 4 rings (SSSR count). The van der Waals surface area contributed by atoms with Gasteiger partial charge in [-0.1, -0.05) is 38.1 Å². The molecule has 0 spiro atoms. The molecule has 0 atom stereocenters. The second kappa shape index (κ2) is 4.32. The number of nitrogens with zero attached hydrogens (tertiary/aromatic N) is 2. The van der Waals surface area contributed by atoms with E-state index in [0.717, 1.165) is 29.6 Å². The second-order valence-corrected chi connectivity index (χ2v) is 7.09. The summed E-state index contributed by atoms with van der Waals surface area (Å²) in [5, 5.41) is 8.20. The summed E-state index contributed by atoms with van der Waals surface area (Å²) in [4.78, 5) is 4.84. The maximum Gasteiger partial charge on any atom is 0.183 e. The Labute approximate surface area is 129 Å². The lowest BCUT2D eigenvalue weighted by molar-refractivity contribution is 0.393. The van der Waals surface area contributed by atoms with E-state index in [1.807, 2.05) is 0 Å². The molecule has 1 aliphatic rings. The Morgan fingerprint density at radius 3 is 2.64 bits per heavy atom. The third-order valence-electron chi connectivity index (χ3n) is 4.66. The molecule has 0 unspecified atom stereocenters. The van der Waals surface area contributed by atoms with Crippen molar-refractivity contribution in [2.45, 2.75) is 33.6 Å². The van der Waals surface area contributed by atoms with Gasteiger partial charge in [-0.25, -0.2) is 4.98 Å². The van der Waals surface area contributed by atoms with Crippen LogP contribution in [-0.4, -0.2) is 15.2 Å². The minimum Gasteiger partial charge on any atom is -0.384 e. The van der Waals surface area contributed by atoms with Crippen molar-refractivity contribution < 1.29 is 0 Å². The minimum absolute atomic E-state index is 0.236. The van der Waals surface area contributed by atoms with Crippen molar-refractivity contribution in [3.63, 3.8) is 0 Å². The maximum absolute atomic E-state index is 6.10. The molecule has 3 aromatic rings. The van der Waals surface area contributed by atoms with Gasteiger partial charge in [-0.3, -0.25) is 5.10 Å². The fourth-order valence-corrected chi connectivity index (χ4v) is 3.66. The number of H-pyrrole nitrogens is 1. The van der Waals surface area contributed by atoms with Crippen LogP contribution >= 0.6 is 0 Å². The van der Waals surface area contributed by atoms with E-state index in [1.165, 1.54) is 22.3 Å². The lowest BCUT2D eigenvalue weighted by atomic mass is 9.89. The molecule has 0 amide bonds. The van der Waals surface area contributed by atoms with Crippen LogP contribution in [0.1, 0.15) is 30.5 Å². The second-order valence-electron chi connectivity index (χ2n) is 7.09.